The summed E-state index contributed by atoms with van der Waals surface area (Å²) in [6.45, 7) is 4.87. The van der Waals surface area contributed by atoms with E-state index in [1.54, 1.807) is 0 Å². The van der Waals surface area contributed by atoms with Crippen LogP contribution in [0, 0.1) is 17.2 Å². The second-order valence-corrected chi connectivity index (χ2v) is 10.6. The quantitative estimate of drug-likeness (QED) is 0.555. The number of benzene rings is 2. The van der Waals surface area contributed by atoms with Gasteiger partial charge in [-0.2, -0.15) is 5.26 Å². The van der Waals surface area contributed by atoms with E-state index in [9.17, 15) is 10.1 Å². The monoisotopic (exact) mass is 456 g/mol. The fraction of sp³-hybridized carbons (Fsp3) is 0.517. The average molecular weight is 457 g/mol. The molecule has 178 valence electrons. The Morgan fingerprint density at radius 3 is 2.26 bits per heavy atom. The van der Waals surface area contributed by atoms with Gasteiger partial charge in [-0.25, -0.2) is 4.79 Å². The molecule has 0 N–H and O–H groups in total. The van der Waals surface area contributed by atoms with Gasteiger partial charge in [0, 0.05) is 17.8 Å². The van der Waals surface area contributed by atoms with Gasteiger partial charge in [0.15, 0.2) is 0 Å². The number of rotatable bonds is 6. The fourth-order valence-electron chi connectivity index (χ4n) is 6.42. The minimum Gasteiger partial charge on any atom is -0.317 e. The van der Waals surface area contributed by atoms with Crippen LogP contribution in [0.25, 0.3) is 0 Å². The van der Waals surface area contributed by atoms with Crippen molar-refractivity contribution in [3.63, 3.8) is 0 Å². The van der Waals surface area contributed by atoms with Crippen LogP contribution in [-0.4, -0.2) is 48.1 Å². The maximum Gasteiger partial charge on any atom is 0.325 e. The van der Waals surface area contributed by atoms with Gasteiger partial charge in [-0.15, -0.1) is 0 Å². The Balaban J connectivity index is 1.45. The van der Waals surface area contributed by atoms with E-state index in [1.807, 2.05) is 29.2 Å². The second kappa shape index (κ2) is 9.07. The Morgan fingerprint density at radius 2 is 1.71 bits per heavy atom. The van der Waals surface area contributed by atoms with Crippen molar-refractivity contribution in [3.8, 4) is 6.07 Å². The largest absolute Gasteiger partial charge is 0.325 e. The molecule has 1 heterocycles. The van der Waals surface area contributed by atoms with Crippen molar-refractivity contribution in [2.75, 3.05) is 31.6 Å². The normalized spacial score (nSPS) is 27.3. The average Bonchev–Trinajstić information content (AvgIpc) is 3.13. The lowest BCUT2D eigenvalue weighted by molar-refractivity contribution is 0.00833. The first-order valence-electron chi connectivity index (χ1n) is 12.9. The van der Waals surface area contributed by atoms with Crippen LogP contribution < -0.4 is 4.90 Å². The van der Waals surface area contributed by atoms with Crippen molar-refractivity contribution < 1.29 is 4.79 Å². The summed E-state index contributed by atoms with van der Waals surface area (Å²) >= 11 is 0. The van der Waals surface area contributed by atoms with Crippen LogP contribution in [0.4, 0.5) is 10.5 Å². The molecule has 5 heteroatoms. The molecule has 2 aliphatic carbocycles. The van der Waals surface area contributed by atoms with Crippen molar-refractivity contribution in [3.05, 3.63) is 65.7 Å². The summed E-state index contributed by atoms with van der Waals surface area (Å²) in [6, 6.07) is 20.8. The molecule has 3 aliphatic rings. The highest BCUT2D eigenvalue weighted by molar-refractivity contribution is 5.95. The first kappa shape index (κ1) is 22.9. The zero-order valence-corrected chi connectivity index (χ0v) is 20.5. The van der Waals surface area contributed by atoms with Gasteiger partial charge in [-0.05, 0) is 87.9 Å². The van der Waals surface area contributed by atoms with Crippen LogP contribution in [0.5, 0.6) is 0 Å². The van der Waals surface area contributed by atoms with Gasteiger partial charge in [0.05, 0.1) is 23.7 Å². The summed E-state index contributed by atoms with van der Waals surface area (Å²) < 4.78 is 0. The number of carbonyl (C=O) groups is 1. The topological polar surface area (TPSA) is 50.6 Å². The van der Waals surface area contributed by atoms with Gasteiger partial charge in [0.1, 0.15) is 0 Å². The van der Waals surface area contributed by atoms with Gasteiger partial charge >= 0.3 is 6.03 Å². The Bertz CT molecular complexity index is 1050. The van der Waals surface area contributed by atoms with Crippen molar-refractivity contribution in [1.29, 1.82) is 5.26 Å². The van der Waals surface area contributed by atoms with Crippen LogP contribution in [0.2, 0.25) is 0 Å². The second-order valence-electron chi connectivity index (χ2n) is 10.6. The minimum absolute atomic E-state index is 0.0221. The molecule has 0 unspecified atom stereocenters. The third-order valence-electron chi connectivity index (χ3n) is 8.98. The standard InChI is InChI=1S/C29H36N4O/c1-3-31(2)29(25-10-5-4-6-11-25)18-16-28(17-19-29)22-32(26-14-12-23(20-30)13-15-26)27(34)33(28)21-24-8-7-9-24/h4-6,10-15,24H,3,7-9,16-19,21-22H2,1-2H3/t28-,29+. The van der Waals surface area contributed by atoms with E-state index in [2.05, 4.69) is 60.2 Å². The number of hydrogen-bond donors (Lipinski definition) is 0. The lowest BCUT2D eigenvalue weighted by Gasteiger charge is -2.52. The van der Waals surface area contributed by atoms with Gasteiger partial charge in [-0.1, -0.05) is 43.7 Å². The number of amides is 2. The molecule has 2 aromatic carbocycles. The molecule has 2 saturated carbocycles. The molecule has 5 rings (SSSR count). The summed E-state index contributed by atoms with van der Waals surface area (Å²) in [5, 5.41) is 9.18. The Hall–Kier alpha value is -2.84. The summed E-state index contributed by atoms with van der Waals surface area (Å²) in [4.78, 5) is 20.5. The molecule has 1 saturated heterocycles. The number of nitrogens with zero attached hydrogens (tertiary/aromatic N) is 4. The molecule has 1 spiro atoms. The number of nitriles is 1. The van der Waals surface area contributed by atoms with Crippen LogP contribution in [0.15, 0.2) is 54.6 Å². The predicted octanol–water partition coefficient (Wildman–Crippen LogP) is 5.76. The maximum atomic E-state index is 13.8. The summed E-state index contributed by atoms with van der Waals surface area (Å²) in [7, 11) is 2.25. The van der Waals surface area contributed by atoms with Crippen LogP contribution in [0.3, 0.4) is 0 Å². The first-order chi connectivity index (χ1) is 16.5. The fourth-order valence-corrected chi connectivity index (χ4v) is 6.42. The molecule has 34 heavy (non-hydrogen) atoms. The lowest BCUT2D eigenvalue weighted by Crippen LogP contribution is -2.57. The first-order valence-corrected chi connectivity index (χ1v) is 12.9. The highest BCUT2D eigenvalue weighted by atomic mass is 16.2. The molecular formula is C29H36N4O. The molecular weight excluding hydrogens is 420 g/mol. The Kier molecular flexibility index (Phi) is 6.12. The predicted molar refractivity (Wildman–Crippen MR) is 136 cm³/mol. The van der Waals surface area contributed by atoms with Crippen LogP contribution in [0.1, 0.15) is 63.0 Å². The van der Waals surface area contributed by atoms with Crippen molar-refractivity contribution in [1.82, 2.24) is 9.80 Å². The third-order valence-corrected chi connectivity index (χ3v) is 8.98. The maximum absolute atomic E-state index is 13.8. The summed E-state index contributed by atoms with van der Waals surface area (Å²) in [5.74, 6) is 0.640. The van der Waals surface area contributed by atoms with E-state index in [0.29, 0.717) is 11.5 Å². The van der Waals surface area contributed by atoms with Gasteiger partial charge in [0.2, 0.25) is 0 Å². The van der Waals surface area contributed by atoms with Gasteiger partial charge < -0.3 is 4.90 Å². The summed E-state index contributed by atoms with van der Waals surface area (Å²) in [5.41, 5.74) is 2.84. The van der Waals surface area contributed by atoms with E-state index in [4.69, 9.17) is 0 Å². The van der Waals surface area contributed by atoms with Crippen LogP contribution in [-0.2, 0) is 5.54 Å². The van der Waals surface area contributed by atoms with E-state index < -0.39 is 0 Å². The zero-order valence-electron chi connectivity index (χ0n) is 20.5. The molecule has 3 fully saturated rings. The van der Waals surface area contributed by atoms with Crippen molar-refractivity contribution in [2.45, 2.75) is 62.9 Å². The number of anilines is 1. The van der Waals surface area contributed by atoms with Gasteiger partial charge in [-0.3, -0.25) is 9.80 Å². The molecule has 2 amide bonds. The number of hydrogen-bond acceptors (Lipinski definition) is 3. The molecule has 0 aromatic heterocycles. The molecule has 5 nitrogen and oxygen atoms in total. The molecule has 0 radical (unpaired) electrons. The van der Waals surface area contributed by atoms with Crippen LogP contribution >= 0.6 is 0 Å². The van der Waals surface area contributed by atoms with Crippen molar-refractivity contribution >= 4 is 11.7 Å². The summed E-state index contributed by atoms with van der Waals surface area (Å²) in [6.07, 6.45) is 7.90. The van der Waals surface area contributed by atoms with E-state index >= 15 is 0 Å². The zero-order chi connectivity index (χ0) is 23.8. The smallest absolute Gasteiger partial charge is 0.317 e. The molecule has 0 atom stereocenters. The van der Waals surface area contributed by atoms with E-state index in [0.717, 1.165) is 51.0 Å². The SMILES string of the molecule is CCN(C)[C@]1(c2ccccc2)CC[C@]2(CC1)CN(c1ccc(C#N)cc1)C(=O)N2CC1CCC1. The number of urea groups is 1. The molecule has 1 aliphatic heterocycles. The third kappa shape index (κ3) is 3.79. The highest BCUT2D eigenvalue weighted by Crippen LogP contribution is 2.50. The Morgan fingerprint density at radius 1 is 1.03 bits per heavy atom. The highest BCUT2D eigenvalue weighted by Gasteiger charge is 2.55. The molecule has 2 aromatic rings. The van der Waals surface area contributed by atoms with Gasteiger partial charge in [0.25, 0.3) is 0 Å². The number of carbonyl (C=O) groups excluding carboxylic acids is 1. The lowest BCUT2D eigenvalue weighted by atomic mass is 9.68. The van der Waals surface area contributed by atoms with Crippen molar-refractivity contribution in [2.24, 2.45) is 5.92 Å². The van der Waals surface area contributed by atoms with E-state index in [1.165, 1.54) is 24.8 Å². The Labute approximate surface area is 204 Å². The molecule has 0 bridgehead atoms. The minimum atomic E-state index is -0.118. The van der Waals surface area contributed by atoms with E-state index in [-0.39, 0.29) is 17.1 Å².